The van der Waals surface area contributed by atoms with Crippen LogP contribution in [0.1, 0.15) is 0 Å². The van der Waals surface area contributed by atoms with Crippen LogP contribution in [-0.4, -0.2) is 10.1 Å². The lowest BCUT2D eigenvalue weighted by molar-refractivity contribution is -0.585. The van der Waals surface area contributed by atoms with Crippen LogP contribution in [0, 0.1) is 0 Å². The van der Waals surface area contributed by atoms with E-state index in [1.807, 2.05) is 18.2 Å². The first-order chi connectivity index (χ1) is 5.36. The van der Waals surface area contributed by atoms with Crippen molar-refractivity contribution in [1.82, 2.24) is 10.1 Å². The van der Waals surface area contributed by atoms with Crippen LogP contribution in [0.25, 0.3) is 5.65 Å². The van der Waals surface area contributed by atoms with Gasteiger partial charge in [0.2, 0.25) is 6.20 Å². The lowest BCUT2D eigenvalue weighted by atomic mass is 10.5. The Balaban J connectivity index is 2.94. The number of aromatic nitrogens is 3. The number of nitrogens with one attached hydrogen (secondary N) is 1. The molecule has 0 saturated carbocycles. The summed E-state index contributed by atoms with van der Waals surface area (Å²) in [6.07, 6.45) is 3.00. The van der Waals surface area contributed by atoms with E-state index < -0.39 is 0 Å². The Morgan fingerprint density at radius 3 is 3.27 bits per heavy atom. The predicted molar refractivity (Wildman–Crippen MR) is 38.0 cm³/mol. The van der Waals surface area contributed by atoms with Gasteiger partial charge in [0, 0.05) is 6.07 Å². The monoisotopic (exact) mass is 148 g/mol. The number of fused-ring (bicyclic) bond motifs is 1. The van der Waals surface area contributed by atoms with Crippen molar-refractivity contribution in [3.05, 3.63) is 40.9 Å². The predicted octanol–water partition coefficient (Wildman–Crippen LogP) is -0.491. The highest BCUT2D eigenvalue weighted by Gasteiger charge is 1.99. The van der Waals surface area contributed by atoms with Gasteiger partial charge in [0.05, 0.1) is 0 Å². The zero-order valence-corrected chi connectivity index (χ0v) is 5.69. The van der Waals surface area contributed by atoms with Crippen LogP contribution >= 0.6 is 0 Å². The average molecular weight is 148 g/mol. The highest BCUT2D eigenvalue weighted by atomic mass is 16.1. The Morgan fingerprint density at radius 2 is 2.36 bits per heavy atom. The second-order valence-corrected chi connectivity index (χ2v) is 2.16. The smallest absolute Gasteiger partial charge is 0.262 e. The number of hydrogen-bond donors (Lipinski definition) is 1. The molecule has 0 radical (unpaired) electrons. The molecule has 54 valence electrons. The summed E-state index contributed by atoms with van der Waals surface area (Å²) in [6.45, 7) is 0. The van der Waals surface area contributed by atoms with Gasteiger partial charge in [-0.2, -0.15) is 5.10 Å². The van der Waals surface area contributed by atoms with Crippen molar-refractivity contribution in [2.75, 3.05) is 0 Å². The number of hydrogen-bond acceptors (Lipinski definition) is 2. The first-order valence-electron chi connectivity index (χ1n) is 3.22. The van der Waals surface area contributed by atoms with Crippen molar-refractivity contribution >= 4 is 5.65 Å². The Hall–Kier alpha value is -1.71. The molecule has 1 N–H and O–H groups in total. The van der Waals surface area contributed by atoms with E-state index in [0.717, 1.165) is 5.65 Å². The molecule has 4 nitrogen and oxygen atoms in total. The molecule has 11 heavy (non-hydrogen) atoms. The normalized spacial score (nSPS) is 10.2. The van der Waals surface area contributed by atoms with Crippen molar-refractivity contribution in [2.45, 2.75) is 0 Å². The Morgan fingerprint density at radius 1 is 1.45 bits per heavy atom. The Bertz CT molecular complexity index is 435. The molecule has 0 fully saturated rings. The molecular formula is C7H6N3O+. The minimum Gasteiger partial charge on any atom is -0.262 e. The van der Waals surface area contributed by atoms with E-state index in [9.17, 15) is 4.79 Å². The molecule has 0 amide bonds. The third kappa shape index (κ3) is 0.980. The van der Waals surface area contributed by atoms with Crippen LogP contribution in [-0.2, 0) is 0 Å². The molecule has 0 aliphatic heterocycles. The highest BCUT2D eigenvalue weighted by Crippen LogP contribution is 1.83. The molecule has 0 atom stereocenters. The van der Waals surface area contributed by atoms with E-state index >= 15 is 0 Å². The molecule has 0 spiro atoms. The van der Waals surface area contributed by atoms with Crippen molar-refractivity contribution in [3.8, 4) is 0 Å². The van der Waals surface area contributed by atoms with Gasteiger partial charge in [0.15, 0.2) is 0 Å². The van der Waals surface area contributed by atoms with Crippen LogP contribution < -0.4 is 10.1 Å². The molecule has 2 rings (SSSR count). The summed E-state index contributed by atoms with van der Waals surface area (Å²) >= 11 is 0. The fourth-order valence-electron chi connectivity index (χ4n) is 0.906. The molecule has 4 heteroatoms. The quantitative estimate of drug-likeness (QED) is 0.512. The lowest BCUT2D eigenvalue weighted by Gasteiger charge is -1.85. The molecule has 2 aromatic heterocycles. The van der Waals surface area contributed by atoms with Crippen LogP contribution in [0.2, 0.25) is 0 Å². The van der Waals surface area contributed by atoms with Gasteiger partial charge >= 0.3 is 11.2 Å². The minimum atomic E-state index is -0.200. The topological polar surface area (TPSA) is 49.9 Å². The van der Waals surface area contributed by atoms with Gasteiger partial charge < -0.3 is 0 Å². The second kappa shape index (κ2) is 2.16. The maximum atomic E-state index is 10.7. The van der Waals surface area contributed by atoms with Gasteiger partial charge in [0.1, 0.15) is 6.20 Å². The van der Waals surface area contributed by atoms with Gasteiger partial charge in [-0.05, 0) is 11.1 Å². The van der Waals surface area contributed by atoms with E-state index in [4.69, 9.17) is 0 Å². The molecule has 0 bridgehead atoms. The maximum absolute atomic E-state index is 10.7. The summed E-state index contributed by atoms with van der Waals surface area (Å²) in [5.74, 6) is 0. The van der Waals surface area contributed by atoms with Gasteiger partial charge in [-0.3, -0.25) is 4.79 Å². The molecule has 0 aliphatic rings. The van der Waals surface area contributed by atoms with Crippen LogP contribution in [0.4, 0.5) is 0 Å². The maximum Gasteiger partial charge on any atom is 0.346 e. The summed E-state index contributed by atoms with van der Waals surface area (Å²) in [5.41, 5.74) is 0.529. The fourth-order valence-corrected chi connectivity index (χ4v) is 0.906. The molecular weight excluding hydrogens is 142 g/mol. The average Bonchev–Trinajstić information content (AvgIpc) is 2.04. The Kier molecular flexibility index (Phi) is 1.18. The van der Waals surface area contributed by atoms with Crippen molar-refractivity contribution < 1.29 is 4.52 Å². The first-order valence-corrected chi connectivity index (χ1v) is 3.22. The lowest BCUT2D eigenvalue weighted by Crippen LogP contribution is -2.33. The highest BCUT2D eigenvalue weighted by molar-refractivity contribution is 5.25. The summed E-state index contributed by atoms with van der Waals surface area (Å²) in [7, 11) is 0. The number of nitrogens with zero attached hydrogens (tertiary/aromatic N) is 2. The fraction of sp³-hybridized carbons (Fsp3) is 0. The zero-order chi connectivity index (χ0) is 7.68. The standard InChI is InChI=1S/C7H5N3O/c11-7-5-8-6-3-1-2-4-10(6)9-7/h1-5H/p+1. The van der Waals surface area contributed by atoms with Gasteiger partial charge in [-0.25, -0.2) is 0 Å². The van der Waals surface area contributed by atoms with Crippen molar-refractivity contribution in [1.29, 1.82) is 0 Å². The van der Waals surface area contributed by atoms with E-state index in [2.05, 4.69) is 10.1 Å². The number of aromatic amines is 1. The molecule has 0 aromatic carbocycles. The summed E-state index contributed by atoms with van der Waals surface area (Å²) in [6, 6.07) is 5.50. The van der Waals surface area contributed by atoms with E-state index in [1.54, 1.807) is 10.7 Å². The van der Waals surface area contributed by atoms with Crippen molar-refractivity contribution in [2.24, 2.45) is 0 Å². The zero-order valence-electron chi connectivity index (χ0n) is 5.69. The van der Waals surface area contributed by atoms with Crippen molar-refractivity contribution in [3.63, 3.8) is 0 Å². The van der Waals surface area contributed by atoms with Crippen LogP contribution in [0.3, 0.4) is 0 Å². The third-order valence-electron chi connectivity index (χ3n) is 1.38. The third-order valence-corrected chi connectivity index (χ3v) is 1.38. The second-order valence-electron chi connectivity index (χ2n) is 2.16. The van der Waals surface area contributed by atoms with Gasteiger partial charge in [0.25, 0.3) is 0 Å². The summed E-state index contributed by atoms with van der Waals surface area (Å²) in [5, 5.41) is 2.59. The largest absolute Gasteiger partial charge is 0.346 e. The van der Waals surface area contributed by atoms with E-state index in [-0.39, 0.29) is 5.56 Å². The SMILES string of the molecule is O=c1cnc2cccc[n+]2[nH]1. The molecule has 0 aliphatic carbocycles. The summed E-state index contributed by atoms with van der Waals surface area (Å²) in [4.78, 5) is 14.6. The molecule has 2 heterocycles. The first kappa shape index (κ1) is 6.03. The van der Waals surface area contributed by atoms with Gasteiger partial charge in [-0.15, -0.1) is 4.52 Å². The van der Waals surface area contributed by atoms with Crippen LogP contribution in [0.15, 0.2) is 35.4 Å². The summed E-state index contributed by atoms with van der Waals surface area (Å²) < 4.78 is 1.57. The molecule has 2 aromatic rings. The number of rotatable bonds is 0. The van der Waals surface area contributed by atoms with E-state index in [0.29, 0.717) is 0 Å². The van der Waals surface area contributed by atoms with Gasteiger partial charge in [-0.1, -0.05) is 6.07 Å². The Labute approximate surface area is 62.1 Å². The molecule has 0 saturated heterocycles. The number of pyridine rings is 1. The minimum absolute atomic E-state index is 0.200. The van der Waals surface area contributed by atoms with Crippen LogP contribution in [0.5, 0.6) is 0 Å². The number of H-pyrrole nitrogens is 1. The molecule has 0 unspecified atom stereocenters. The van der Waals surface area contributed by atoms with E-state index in [1.165, 1.54) is 6.20 Å².